The monoisotopic (exact) mass is 547 g/mol. The molecule has 2 aromatic rings. The van der Waals surface area contributed by atoms with E-state index < -0.39 is 6.04 Å². The molecule has 0 unspecified atom stereocenters. The number of nitrogens with zero attached hydrogens (tertiary/aromatic N) is 4. The number of anilines is 2. The minimum Gasteiger partial charge on any atom is -0.336 e. The van der Waals surface area contributed by atoms with Gasteiger partial charge in [-0.25, -0.2) is 0 Å². The van der Waals surface area contributed by atoms with E-state index in [9.17, 15) is 9.59 Å². The number of hydrogen-bond acceptors (Lipinski definition) is 5. The molecule has 1 atom stereocenters. The van der Waals surface area contributed by atoms with Gasteiger partial charge in [0.1, 0.15) is 6.04 Å². The summed E-state index contributed by atoms with van der Waals surface area (Å²) in [6.45, 7) is 9.04. The third-order valence-corrected chi connectivity index (χ3v) is 7.62. The van der Waals surface area contributed by atoms with Crippen molar-refractivity contribution in [2.75, 3.05) is 56.0 Å². The van der Waals surface area contributed by atoms with Gasteiger partial charge in [-0.2, -0.15) is 0 Å². The minimum atomic E-state index is -0.669. The number of hydrogen-bond donors (Lipinski definition) is 1. The number of thiocarbonyl (C=S) groups is 1. The summed E-state index contributed by atoms with van der Waals surface area (Å²) in [5.74, 6) is -0.456. The molecule has 2 aliphatic rings. The van der Waals surface area contributed by atoms with Crippen molar-refractivity contribution >= 4 is 63.7 Å². The first-order valence-electron chi connectivity index (χ1n) is 12.3. The van der Waals surface area contributed by atoms with Crippen LogP contribution in [0.15, 0.2) is 48.5 Å². The number of carbonyl (C=O) groups is 2. The van der Waals surface area contributed by atoms with Crippen molar-refractivity contribution in [3.05, 3.63) is 58.6 Å². The average molecular weight is 549 g/mol. The van der Waals surface area contributed by atoms with E-state index >= 15 is 0 Å². The first-order chi connectivity index (χ1) is 17.4. The van der Waals surface area contributed by atoms with Gasteiger partial charge < -0.3 is 20.0 Å². The molecule has 2 fully saturated rings. The number of halogens is 2. The number of likely N-dealkylation sites (N-methyl/N-ethyl adjacent to an activating group) is 1. The Kier molecular flexibility index (Phi) is 9.19. The van der Waals surface area contributed by atoms with Crippen molar-refractivity contribution in [2.24, 2.45) is 0 Å². The van der Waals surface area contributed by atoms with Crippen LogP contribution in [-0.2, 0) is 9.59 Å². The number of benzene rings is 2. The van der Waals surface area contributed by atoms with Crippen LogP contribution < -0.4 is 10.2 Å². The fraction of sp³-hybridized carbons (Fsp3) is 0.423. The van der Waals surface area contributed by atoms with E-state index in [-0.39, 0.29) is 18.2 Å². The Morgan fingerprint density at radius 2 is 1.53 bits per heavy atom. The molecule has 2 heterocycles. The van der Waals surface area contributed by atoms with Crippen LogP contribution in [0.3, 0.4) is 0 Å². The molecule has 2 aliphatic heterocycles. The van der Waals surface area contributed by atoms with Crippen molar-refractivity contribution < 1.29 is 9.59 Å². The summed E-state index contributed by atoms with van der Waals surface area (Å²) in [6.07, 6.45) is 0.851. The highest BCUT2D eigenvalue weighted by Crippen LogP contribution is 2.29. The molecule has 36 heavy (non-hydrogen) atoms. The Morgan fingerprint density at radius 1 is 0.944 bits per heavy atom. The lowest BCUT2D eigenvalue weighted by atomic mass is 10.1. The van der Waals surface area contributed by atoms with Crippen molar-refractivity contribution in [1.29, 1.82) is 0 Å². The molecule has 10 heteroatoms. The number of piperazine rings is 1. The van der Waals surface area contributed by atoms with Gasteiger partial charge in [0, 0.05) is 48.5 Å². The summed E-state index contributed by atoms with van der Waals surface area (Å²) in [5.41, 5.74) is 1.28. The number of carbonyl (C=O) groups excluding carboxylic acids is 2. The predicted molar refractivity (Wildman–Crippen MR) is 150 cm³/mol. The van der Waals surface area contributed by atoms with Crippen LogP contribution in [0.2, 0.25) is 10.0 Å². The topological polar surface area (TPSA) is 59.1 Å². The van der Waals surface area contributed by atoms with Gasteiger partial charge >= 0.3 is 0 Å². The largest absolute Gasteiger partial charge is 0.336 e. The second kappa shape index (κ2) is 12.3. The summed E-state index contributed by atoms with van der Waals surface area (Å²) in [6, 6.07) is 13.2. The third-order valence-electron chi connectivity index (χ3n) is 6.70. The Bertz CT molecular complexity index is 1070. The van der Waals surface area contributed by atoms with Crippen LogP contribution in [0.1, 0.15) is 19.8 Å². The average Bonchev–Trinajstić information content (AvgIpc) is 3.10. The van der Waals surface area contributed by atoms with E-state index in [1.165, 1.54) is 4.90 Å². The number of amides is 2. The lowest BCUT2D eigenvalue weighted by Gasteiger charge is -2.34. The van der Waals surface area contributed by atoms with Crippen LogP contribution >= 0.6 is 35.4 Å². The van der Waals surface area contributed by atoms with Gasteiger partial charge in [0.05, 0.1) is 12.1 Å². The Morgan fingerprint density at radius 3 is 2.14 bits per heavy atom. The summed E-state index contributed by atoms with van der Waals surface area (Å²) >= 11 is 17.8. The SMILES string of the molecule is CCN1CCN(CCCN2C(=S)N(c3ccc(Cl)cc3)C(=O)[C@@H]2CC(=O)Nc2ccc(Cl)cc2)CC1. The van der Waals surface area contributed by atoms with Crippen LogP contribution in [-0.4, -0.2) is 83.5 Å². The lowest BCUT2D eigenvalue weighted by Crippen LogP contribution is -2.47. The second-order valence-electron chi connectivity index (χ2n) is 9.03. The minimum absolute atomic E-state index is 0.000857. The van der Waals surface area contributed by atoms with E-state index in [0.29, 0.717) is 33.1 Å². The molecule has 1 N–H and O–H groups in total. The van der Waals surface area contributed by atoms with Crippen LogP contribution in [0, 0.1) is 0 Å². The van der Waals surface area contributed by atoms with Gasteiger partial charge in [0.2, 0.25) is 5.91 Å². The molecule has 2 amide bonds. The van der Waals surface area contributed by atoms with E-state index in [0.717, 1.165) is 45.7 Å². The maximum Gasteiger partial charge on any atom is 0.256 e. The molecule has 0 spiro atoms. The highest BCUT2D eigenvalue weighted by molar-refractivity contribution is 7.80. The van der Waals surface area contributed by atoms with E-state index in [1.807, 2.05) is 4.90 Å². The first kappa shape index (κ1) is 26.8. The van der Waals surface area contributed by atoms with Crippen molar-refractivity contribution in [3.8, 4) is 0 Å². The molecule has 192 valence electrons. The molecule has 0 bridgehead atoms. The molecule has 0 aromatic heterocycles. The second-order valence-corrected chi connectivity index (χ2v) is 10.3. The van der Waals surface area contributed by atoms with Gasteiger partial charge in [0.25, 0.3) is 5.91 Å². The molecule has 2 saturated heterocycles. The predicted octanol–water partition coefficient (Wildman–Crippen LogP) is 4.35. The fourth-order valence-electron chi connectivity index (χ4n) is 4.63. The lowest BCUT2D eigenvalue weighted by molar-refractivity contribution is -0.124. The summed E-state index contributed by atoms with van der Waals surface area (Å²) in [4.78, 5) is 34.8. The van der Waals surface area contributed by atoms with Gasteiger partial charge in [-0.1, -0.05) is 30.1 Å². The highest BCUT2D eigenvalue weighted by atomic mass is 35.5. The van der Waals surface area contributed by atoms with E-state index in [1.54, 1.807) is 48.5 Å². The zero-order valence-electron chi connectivity index (χ0n) is 20.3. The summed E-state index contributed by atoms with van der Waals surface area (Å²) in [5, 5.41) is 4.45. The molecular weight excluding hydrogens is 517 g/mol. The van der Waals surface area contributed by atoms with Crippen molar-refractivity contribution in [3.63, 3.8) is 0 Å². The van der Waals surface area contributed by atoms with E-state index in [4.69, 9.17) is 35.4 Å². The van der Waals surface area contributed by atoms with Gasteiger partial charge in [-0.3, -0.25) is 14.5 Å². The highest BCUT2D eigenvalue weighted by Gasteiger charge is 2.43. The number of nitrogens with one attached hydrogen (secondary N) is 1. The molecule has 2 aromatic carbocycles. The number of rotatable bonds is 9. The van der Waals surface area contributed by atoms with Crippen LogP contribution in [0.25, 0.3) is 0 Å². The standard InChI is InChI=1S/C26H31Cl2N5O2S/c1-2-30-14-16-31(17-15-30)12-3-13-32-23(18-24(34)29-21-8-4-19(27)5-9-21)25(35)33(26(32)36)22-10-6-20(28)7-11-22/h4-11,23H,2-3,12-18H2,1H3,(H,29,34)/t23-/m0/s1. The Balaban J connectivity index is 1.44. The quantitative estimate of drug-likeness (QED) is 0.471. The smallest absolute Gasteiger partial charge is 0.256 e. The molecule has 0 aliphatic carbocycles. The van der Waals surface area contributed by atoms with Crippen LogP contribution in [0.4, 0.5) is 11.4 Å². The maximum absolute atomic E-state index is 13.5. The molecule has 0 saturated carbocycles. The maximum atomic E-state index is 13.5. The molecular formula is C26H31Cl2N5O2S. The molecule has 0 radical (unpaired) electrons. The van der Waals surface area contributed by atoms with Gasteiger partial charge in [0.15, 0.2) is 5.11 Å². The van der Waals surface area contributed by atoms with Crippen molar-refractivity contribution in [1.82, 2.24) is 14.7 Å². The van der Waals surface area contributed by atoms with Gasteiger partial charge in [-0.05, 0) is 80.3 Å². The fourth-order valence-corrected chi connectivity index (χ4v) is 5.30. The van der Waals surface area contributed by atoms with E-state index in [2.05, 4.69) is 22.0 Å². The van der Waals surface area contributed by atoms with Crippen molar-refractivity contribution in [2.45, 2.75) is 25.8 Å². The molecule has 4 rings (SSSR count). The Hall–Kier alpha value is -2.23. The Labute approximate surface area is 227 Å². The van der Waals surface area contributed by atoms with Gasteiger partial charge in [-0.15, -0.1) is 0 Å². The summed E-state index contributed by atoms with van der Waals surface area (Å²) in [7, 11) is 0. The van der Waals surface area contributed by atoms with Crippen LogP contribution in [0.5, 0.6) is 0 Å². The zero-order chi connectivity index (χ0) is 25.7. The first-order valence-corrected chi connectivity index (χ1v) is 13.4. The normalized spacial score (nSPS) is 19.2. The third kappa shape index (κ3) is 6.55. The summed E-state index contributed by atoms with van der Waals surface area (Å²) < 4.78 is 0. The zero-order valence-corrected chi connectivity index (χ0v) is 22.7. The molecule has 7 nitrogen and oxygen atoms in total.